The highest BCUT2D eigenvalue weighted by molar-refractivity contribution is 5.81. The first-order chi connectivity index (χ1) is 12.6. The van der Waals surface area contributed by atoms with Gasteiger partial charge < -0.3 is 9.80 Å². The molecule has 1 aromatic carbocycles. The lowest BCUT2D eigenvalue weighted by atomic mass is 10.1. The standard InChI is InChI=1S/C20H29FN4O/c1-3-8-22-9-11-25(12-10-22)20(26)17(2)23-13-15-24(16-14-23)19-7-5-4-6-18(19)21/h3-7,17H,1,8-16H2,2H3. The minimum Gasteiger partial charge on any atom is -0.367 e. The summed E-state index contributed by atoms with van der Waals surface area (Å²) in [5.41, 5.74) is 0.657. The van der Waals surface area contributed by atoms with Crippen LogP contribution in [0.2, 0.25) is 0 Å². The Kier molecular flexibility index (Phi) is 6.27. The molecule has 0 N–H and O–H groups in total. The minimum absolute atomic E-state index is 0.122. The monoisotopic (exact) mass is 360 g/mol. The van der Waals surface area contributed by atoms with E-state index in [0.29, 0.717) is 5.69 Å². The van der Waals surface area contributed by atoms with E-state index >= 15 is 0 Å². The summed E-state index contributed by atoms with van der Waals surface area (Å²) in [6.07, 6.45) is 1.91. The van der Waals surface area contributed by atoms with E-state index in [4.69, 9.17) is 0 Å². The number of carbonyl (C=O) groups excluding carboxylic acids is 1. The number of carbonyl (C=O) groups is 1. The summed E-state index contributed by atoms with van der Waals surface area (Å²) >= 11 is 0. The molecule has 5 nitrogen and oxygen atoms in total. The number of benzene rings is 1. The summed E-state index contributed by atoms with van der Waals surface area (Å²) < 4.78 is 14.0. The van der Waals surface area contributed by atoms with E-state index in [1.54, 1.807) is 6.07 Å². The minimum atomic E-state index is -0.178. The predicted molar refractivity (Wildman–Crippen MR) is 103 cm³/mol. The molecule has 0 radical (unpaired) electrons. The molecule has 3 rings (SSSR count). The average molecular weight is 360 g/mol. The third-order valence-electron chi connectivity index (χ3n) is 5.48. The highest BCUT2D eigenvalue weighted by atomic mass is 19.1. The maximum Gasteiger partial charge on any atom is 0.239 e. The molecule has 1 atom stereocenters. The maximum absolute atomic E-state index is 14.0. The lowest BCUT2D eigenvalue weighted by Crippen LogP contribution is -2.57. The van der Waals surface area contributed by atoms with Crippen molar-refractivity contribution in [3.05, 3.63) is 42.7 Å². The third-order valence-corrected chi connectivity index (χ3v) is 5.48. The van der Waals surface area contributed by atoms with E-state index < -0.39 is 0 Å². The Morgan fingerprint density at radius 1 is 1.12 bits per heavy atom. The van der Waals surface area contributed by atoms with Crippen molar-refractivity contribution >= 4 is 11.6 Å². The summed E-state index contributed by atoms with van der Waals surface area (Å²) in [6, 6.07) is 6.78. The van der Waals surface area contributed by atoms with Crippen LogP contribution in [-0.4, -0.2) is 85.6 Å². The summed E-state index contributed by atoms with van der Waals surface area (Å²) in [6.45, 7) is 13.1. The van der Waals surface area contributed by atoms with E-state index in [1.807, 2.05) is 30.0 Å². The molecule has 6 heteroatoms. The number of hydrogen-bond acceptors (Lipinski definition) is 4. The Bertz CT molecular complexity index is 622. The maximum atomic E-state index is 14.0. The van der Waals surface area contributed by atoms with E-state index in [2.05, 4.69) is 21.3 Å². The fourth-order valence-electron chi connectivity index (χ4n) is 3.81. The van der Waals surface area contributed by atoms with Crippen molar-refractivity contribution in [1.29, 1.82) is 0 Å². The Hall–Kier alpha value is -1.92. The molecule has 0 spiro atoms. The summed E-state index contributed by atoms with van der Waals surface area (Å²) in [5, 5.41) is 0. The predicted octanol–water partition coefficient (Wildman–Crippen LogP) is 1.67. The first kappa shape index (κ1) is 18.9. The van der Waals surface area contributed by atoms with Gasteiger partial charge in [-0.2, -0.15) is 0 Å². The van der Waals surface area contributed by atoms with Crippen LogP contribution in [0.15, 0.2) is 36.9 Å². The number of para-hydroxylation sites is 1. The first-order valence-electron chi connectivity index (χ1n) is 9.45. The van der Waals surface area contributed by atoms with Crippen molar-refractivity contribution in [2.75, 3.05) is 63.8 Å². The second kappa shape index (κ2) is 8.64. The molecule has 2 heterocycles. The molecule has 2 fully saturated rings. The Morgan fingerprint density at radius 2 is 1.77 bits per heavy atom. The van der Waals surface area contributed by atoms with Crippen LogP contribution in [0.1, 0.15) is 6.92 Å². The number of anilines is 1. The molecule has 142 valence electrons. The Labute approximate surface area is 155 Å². The lowest BCUT2D eigenvalue weighted by Gasteiger charge is -2.41. The summed E-state index contributed by atoms with van der Waals surface area (Å²) in [5.74, 6) is 0.0325. The fourth-order valence-corrected chi connectivity index (χ4v) is 3.81. The van der Waals surface area contributed by atoms with Crippen molar-refractivity contribution in [2.24, 2.45) is 0 Å². The van der Waals surface area contributed by atoms with Crippen LogP contribution in [-0.2, 0) is 4.79 Å². The van der Waals surface area contributed by atoms with Crippen LogP contribution < -0.4 is 4.90 Å². The number of piperazine rings is 2. The summed E-state index contributed by atoms with van der Waals surface area (Å²) in [4.78, 5) is 21.4. The molecular formula is C20H29FN4O. The molecule has 2 aliphatic rings. The topological polar surface area (TPSA) is 30.0 Å². The molecule has 26 heavy (non-hydrogen) atoms. The van der Waals surface area contributed by atoms with E-state index in [1.165, 1.54) is 6.07 Å². The fraction of sp³-hybridized carbons (Fsp3) is 0.550. The van der Waals surface area contributed by atoms with Gasteiger partial charge in [0.1, 0.15) is 5.82 Å². The number of nitrogens with zero attached hydrogens (tertiary/aromatic N) is 4. The van der Waals surface area contributed by atoms with Crippen LogP contribution >= 0.6 is 0 Å². The molecule has 1 aromatic rings. The number of rotatable bonds is 5. The van der Waals surface area contributed by atoms with E-state index in [-0.39, 0.29) is 17.8 Å². The van der Waals surface area contributed by atoms with Crippen LogP contribution in [0.3, 0.4) is 0 Å². The lowest BCUT2D eigenvalue weighted by molar-refractivity contribution is -0.138. The van der Waals surface area contributed by atoms with Gasteiger partial charge in [0.2, 0.25) is 5.91 Å². The van der Waals surface area contributed by atoms with Crippen LogP contribution in [0.4, 0.5) is 10.1 Å². The van der Waals surface area contributed by atoms with E-state index in [0.717, 1.165) is 58.9 Å². The summed E-state index contributed by atoms with van der Waals surface area (Å²) in [7, 11) is 0. The number of amides is 1. The molecule has 0 aliphatic carbocycles. The zero-order chi connectivity index (χ0) is 18.5. The quantitative estimate of drug-likeness (QED) is 0.747. The molecule has 0 bridgehead atoms. The van der Waals surface area contributed by atoms with E-state index in [9.17, 15) is 9.18 Å². The van der Waals surface area contributed by atoms with Gasteiger partial charge in [0.05, 0.1) is 11.7 Å². The Morgan fingerprint density at radius 3 is 2.38 bits per heavy atom. The highest BCUT2D eigenvalue weighted by Crippen LogP contribution is 2.21. The second-order valence-corrected chi connectivity index (χ2v) is 7.06. The number of hydrogen-bond donors (Lipinski definition) is 0. The normalized spacial score (nSPS) is 20.8. The molecule has 2 saturated heterocycles. The SMILES string of the molecule is C=CCN1CCN(C(=O)C(C)N2CCN(c3ccccc3F)CC2)CC1. The van der Waals surface area contributed by atoms with Gasteiger partial charge in [0.15, 0.2) is 0 Å². The molecule has 2 aliphatic heterocycles. The third kappa shape index (κ3) is 4.24. The zero-order valence-corrected chi connectivity index (χ0v) is 15.6. The molecular weight excluding hydrogens is 331 g/mol. The van der Waals surface area contributed by atoms with Gasteiger partial charge in [-0.25, -0.2) is 4.39 Å². The van der Waals surface area contributed by atoms with Crippen molar-refractivity contribution in [2.45, 2.75) is 13.0 Å². The largest absolute Gasteiger partial charge is 0.367 e. The Balaban J connectivity index is 1.50. The zero-order valence-electron chi connectivity index (χ0n) is 15.6. The second-order valence-electron chi connectivity index (χ2n) is 7.06. The van der Waals surface area contributed by atoms with Crippen LogP contribution in [0.25, 0.3) is 0 Å². The van der Waals surface area contributed by atoms with Crippen molar-refractivity contribution in [1.82, 2.24) is 14.7 Å². The smallest absolute Gasteiger partial charge is 0.239 e. The van der Waals surface area contributed by atoms with Crippen molar-refractivity contribution < 1.29 is 9.18 Å². The van der Waals surface area contributed by atoms with Gasteiger partial charge in [-0.15, -0.1) is 6.58 Å². The van der Waals surface area contributed by atoms with Gasteiger partial charge in [-0.3, -0.25) is 14.6 Å². The molecule has 0 saturated carbocycles. The van der Waals surface area contributed by atoms with Gasteiger partial charge >= 0.3 is 0 Å². The van der Waals surface area contributed by atoms with Crippen LogP contribution in [0.5, 0.6) is 0 Å². The van der Waals surface area contributed by atoms with Crippen molar-refractivity contribution in [3.63, 3.8) is 0 Å². The average Bonchev–Trinajstić information content (AvgIpc) is 2.68. The van der Waals surface area contributed by atoms with Crippen LogP contribution in [0, 0.1) is 5.82 Å². The first-order valence-corrected chi connectivity index (χ1v) is 9.45. The van der Waals surface area contributed by atoms with Gasteiger partial charge in [-0.05, 0) is 19.1 Å². The molecule has 1 amide bonds. The number of halogens is 1. The molecule has 1 unspecified atom stereocenters. The van der Waals surface area contributed by atoms with Crippen molar-refractivity contribution in [3.8, 4) is 0 Å². The molecule has 0 aromatic heterocycles. The van der Waals surface area contributed by atoms with Gasteiger partial charge in [-0.1, -0.05) is 18.2 Å². The van der Waals surface area contributed by atoms with Gasteiger partial charge in [0.25, 0.3) is 0 Å². The van der Waals surface area contributed by atoms with Gasteiger partial charge in [0, 0.05) is 58.9 Å². The highest BCUT2D eigenvalue weighted by Gasteiger charge is 2.30.